The number of hydrogen-bond acceptors (Lipinski definition) is 1. The van der Waals surface area contributed by atoms with Crippen molar-refractivity contribution in [1.82, 2.24) is 0 Å². The van der Waals surface area contributed by atoms with Crippen LogP contribution in [0.25, 0.3) is 0 Å². The predicted octanol–water partition coefficient (Wildman–Crippen LogP) is 4.59. The molecular formula is C18H24O. The zero-order chi connectivity index (χ0) is 14.1. The van der Waals surface area contributed by atoms with Crippen LogP contribution >= 0.6 is 0 Å². The maximum absolute atomic E-state index is 10.5. The highest BCUT2D eigenvalue weighted by Crippen LogP contribution is 2.21. The summed E-state index contributed by atoms with van der Waals surface area (Å²) in [6.07, 6.45) is 8.86. The molecule has 1 atom stereocenters. The van der Waals surface area contributed by atoms with Crippen molar-refractivity contribution in [2.45, 2.75) is 33.6 Å². The molecule has 0 radical (unpaired) electrons. The molecule has 0 bridgehead atoms. The van der Waals surface area contributed by atoms with Crippen LogP contribution in [0, 0.1) is 11.8 Å². The van der Waals surface area contributed by atoms with Crippen molar-refractivity contribution in [2.75, 3.05) is 0 Å². The van der Waals surface area contributed by atoms with Crippen molar-refractivity contribution in [3.8, 4) is 0 Å². The van der Waals surface area contributed by atoms with Gasteiger partial charge in [-0.15, -0.1) is 0 Å². The van der Waals surface area contributed by atoms with Crippen molar-refractivity contribution in [3.63, 3.8) is 0 Å². The van der Waals surface area contributed by atoms with Crippen LogP contribution in [0.1, 0.15) is 32.8 Å². The van der Waals surface area contributed by atoms with E-state index in [9.17, 15) is 4.79 Å². The molecule has 1 aromatic carbocycles. The van der Waals surface area contributed by atoms with Gasteiger partial charge in [-0.3, -0.25) is 4.79 Å². The molecule has 102 valence electrons. The molecule has 0 aromatic heterocycles. The number of aldehydes is 1. The zero-order valence-electron chi connectivity index (χ0n) is 12.2. The molecule has 0 saturated heterocycles. The number of carbonyl (C=O) groups is 1. The summed E-state index contributed by atoms with van der Waals surface area (Å²) in [6, 6.07) is 10.5. The fourth-order valence-electron chi connectivity index (χ4n) is 2.27. The van der Waals surface area contributed by atoms with E-state index in [-0.39, 0.29) is 0 Å². The fourth-order valence-corrected chi connectivity index (χ4v) is 2.27. The molecule has 1 nitrogen and oxygen atoms in total. The normalized spacial score (nSPS) is 14.0. The van der Waals surface area contributed by atoms with E-state index < -0.39 is 0 Å². The van der Waals surface area contributed by atoms with Gasteiger partial charge >= 0.3 is 0 Å². The van der Waals surface area contributed by atoms with E-state index >= 15 is 0 Å². The number of allylic oxidation sites excluding steroid dienone is 4. The first-order chi connectivity index (χ1) is 9.13. The quantitative estimate of drug-likeness (QED) is 0.396. The molecule has 0 aliphatic carbocycles. The second-order valence-corrected chi connectivity index (χ2v) is 5.31. The highest BCUT2D eigenvalue weighted by molar-refractivity contribution is 5.64. The third kappa shape index (κ3) is 6.19. The van der Waals surface area contributed by atoms with Gasteiger partial charge in [0.25, 0.3) is 0 Å². The summed E-state index contributed by atoms with van der Waals surface area (Å²) < 4.78 is 0. The molecule has 0 fully saturated rings. The molecule has 1 heteroatoms. The second kappa shape index (κ2) is 8.47. The Morgan fingerprint density at radius 2 is 1.89 bits per heavy atom. The van der Waals surface area contributed by atoms with E-state index in [0.717, 1.165) is 19.1 Å². The molecule has 0 heterocycles. The standard InChI is InChI=1S/C18H24O/c1-15(2)14-16(3)18(10-7-13-19)12-11-17-8-5-4-6-9-17/h4-10,13-15,18H,11-12H2,1-3H3/b10-7+,16-14+. The van der Waals surface area contributed by atoms with Crippen LogP contribution in [0.4, 0.5) is 0 Å². The smallest absolute Gasteiger partial charge is 0.142 e. The first kappa shape index (κ1) is 15.4. The van der Waals surface area contributed by atoms with E-state index in [2.05, 4.69) is 51.1 Å². The van der Waals surface area contributed by atoms with Gasteiger partial charge in [-0.1, -0.05) is 61.9 Å². The van der Waals surface area contributed by atoms with E-state index in [1.807, 2.05) is 12.1 Å². The average molecular weight is 256 g/mol. The van der Waals surface area contributed by atoms with Gasteiger partial charge in [0.2, 0.25) is 0 Å². The molecule has 0 amide bonds. The first-order valence-corrected chi connectivity index (χ1v) is 6.97. The minimum absolute atomic E-state index is 0.354. The van der Waals surface area contributed by atoms with Crippen LogP contribution in [0.3, 0.4) is 0 Å². The Bertz CT molecular complexity index is 426. The van der Waals surface area contributed by atoms with Crippen LogP contribution in [0.2, 0.25) is 0 Å². The van der Waals surface area contributed by atoms with Gasteiger partial charge in [-0.2, -0.15) is 0 Å². The van der Waals surface area contributed by atoms with Gasteiger partial charge in [-0.05, 0) is 43.2 Å². The van der Waals surface area contributed by atoms with E-state index in [4.69, 9.17) is 0 Å². The summed E-state index contributed by atoms with van der Waals surface area (Å²) in [5, 5.41) is 0. The van der Waals surface area contributed by atoms with Gasteiger partial charge < -0.3 is 0 Å². The van der Waals surface area contributed by atoms with Crippen LogP contribution < -0.4 is 0 Å². The van der Waals surface area contributed by atoms with Crippen LogP contribution in [0.15, 0.2) is 54.1 Å². The van der Waals surface area contributed by atoms with Crippen molar-refractivity contribution < 1.29 is 4.79 Å². The third-order valence-corrected chi connectivity index (χ3v) is 3.19. The molecule has 0 spiro atoms. The largest absolute Gasteiger partial charge is 0.299 e. The molecule has 19 heavy (non-hydrogen) atoms. The highest BCUT2D eigenvalue weighted by Gasteiger charge is 2.08. The van der Waals surface area contributed by atoms with Gasteiger partial charge in [0.15, 0.2) is 0 Å². The Labute approximate surface area is 117 Å². The lowest BCUT2D eigenvalue weighted by atomic mass is 9.91. The minimum Gasteiger partial charge on any atom is -0.299 e. The number of carbonyl (C=O) groups excluding carboxylic acids is 1. The van der Waals surface area contributed by atoms with E-state index in [1.165, 1.54) is 11.1 Å². The Balaban J connectivity index is 2.70. The van der Waals surface area contributed by atoms with E-state index in [0.29, 0.717) is 11.8 Å². The Hall–Kier alpha value is -1.63. The molecule has 1 rings (SSSR count). The Morgan fingerprint density at radius 1 is 1.21 bits per heavy atom. The van der Waals surface area contributed by atoms with Crippen molar-refractivity contribution in [2.24, 2.45) is 11.8 Å². The SMILES string of the molecule is C/C(=C\C(C)C)C(/C=C/C=O)CCc1ccccc1. The van der Waals surface area contributed by atoms with Gasteiger partial charge in [-0.25, -0.2) is 0 Å². The molecule has 1 unspecified atom stereocenters. The lowest BCUT2D eigenvalue weighted by molar-refractivity contribution is -0.104. The number of hydrogen-bond donors (Lipinski definition) is 0. The third-order valence-electron chi connectivity index (χ3n) is 3.19. The minimum atomic E-state index is 0.354. The average Bonchev–Trinajstić information content (AvgIpc) is 2.39. The maximum atomic E-state index is 10.5. The van der Waals surface area contributed by atoms with E-state index in [1.54, 1.807) is 6.08 Å². The molecule has 0 aliphatic heterocycles. The van der Waals surface area contributed by atoms with Crippen molar-refractivity contribution in [3.05, 3.63) is 59.7 Å². The van der Waals surface area contributed by atoms with Crippen molar-refractivity contribution in [1.29, 1.82) is 0 Å². The van der Waals surface area contributed by atoms with Crippen LogP contribution in [-0.4, -0.2) is 6.29 Å². The molecule has 0 N–H and O–H groups in total. The number of benzene rings is 1. The van der Waals surface area contributed by atoms with Crippen LogP contribution in [-0.2, 0) is 11.2 Å². The highest BCUT2D eigenvalue weighted by atomic mass is 16.1. The summed E-state index contributed by atoms with van der Waals surface area (Å²) in [4.78, 5) is 10.5. The molecule has 1 aromatic rings. The second-order valence-electron chi connectivity index (χ2n) is 5.31. The summed E-state index contributed by atoms with van der Waals surface area (Å²) in [5.74, 6) is 0.900. The fraction of sp³-hybridized carbons (Fsp3) is 0.389. The van der Waals surface area contributed by atoms with Gasteiger partial charge in [0, 0.05) is 0 Å². The number of rotatable bonds is 7. The van der Waals surface area contributed by atoms with Crippen LogP contribution in [0.5, 0.6) is 0 Å². The maximum Gasteiger partial charge on any atom is 0.142 e. The summed E-state index contributed by atoms with van der Waals surface area (Å²) in [7, 11) is 0. The van der Waals surface area contributed by atoms with Gasteiger partial charge in [0.05, 0.1) is 0 Å². The monoisotopic (exact) mass is 256 g/mol. The lowest BCUT2D eigenvalue weighted by Crippen LogP contribution is -2.02. The molecular weight excluding hydrogens is 232 g/mol. The van der Waals surface area contributed by atoms with Gasteiger partial charge in [0.1, 0.15) is 6.29 Å². The lowest BCUT2D eigenvalue weighted by Gasteiger charge is -2.15. The Morgan fingerprint density at radius 3 is 2.47 bits per heavy atom. The molecule has 0 saturated carbocycles. The summed E-state index contributed by atoms with van der Waals surface area (Å²) >= 11 is 0. The number of aryl methyl sites for hydroxylation is 1. The first-order valence-electron chi connectivity index (χ1n) is 6.97. The molecule has 0 aliphatic rings. The summed E-state index contributed by atoms with van der Waals surface area (Å²) in [6.45, 7) is 6.52. The Kier molecular flexibility index (Phi) is 6.88. The topological polar surface area (TPSA) is 17.1 Å². The summed E-state index contributed by atoms with van der Waals surface area (Å²) in [5.41, 5.74) is 2.70. The predicted molar refractivity (Wildman–Crippen MR) is 82.1 cm³/mol. The zero-order valence-corrected chi connectivity index (χ0v) is 12.2. The van der Waals surface area contributed by atoms with Crippen molar-refractivity contribution >= 4 is 6.29 Å².